The summed E-state index contributed by atoms with van der Waals surface area (Å²) in [6, 6.07) is 0. The maximum Gasteiger partial charge on any atom is 0.335 e. The van der Waals surface area contributed by atoms with E-state index in [1.807, 2.05) is 0 Å². The topological polar surface area (TPSA) is 54.0 Å². The summed E-state index contributed by atoms with van der Waals surface area (Å²) in [5.74, 6) is -1.90. The van der Waals surface area contributed by atoms with Crippen molar-refractivity contribution in [3.05, 3.63) is 12.2 Å². The molecule has 0 bridgehead atoms. The lowest BCUT2D eigenvalue weighted by atomic mass is 10.3. The van der Waals surface area contributed by atoms with Gasteiger partial charge in [-0.1, -0.05) is 6.58 Å². The molecular formula is C10H17O5Si. The molecule has 0 N–H and O–H groups in total. The predicted octanol–water partition coefficient (Wildman–Crippen LogP) is 0.583. The van der Waals surface area contributed by atoms with E-state index < -0.39 is 17.2 Å². The molecule has 0 aromatic carbocycles. The number of rotatable bonds is 6. The van der Waals surface area contributed by atoms with E-state index in [4.69, 9.17) is 18.9 Å². The van der Waals surface area contributed by atoms with Crippen molar-refractivity contribution in [2.75, 3.05) is 21.3 Å². The molecule has 6 heteroatoms. The van der Waals surface area contributed by atoms with Crippen molar-refractivity contribution < 1.29 is 23.7 Å². The minimum atomic E-state index is -1.55. The summed E-state index contributed by atoms with van der Waals surface area (Å²) in [4.78, 5) is 11.5. The first-order chi connectivity index (χ1) is 7.26. The summed E-state index contributed by atoms with van der Waals surface area (Å²) >= 11 is 0. The summed E-state index contributed by atoms with van der Waals surface area (Å²) in [6.45, 7) is 6.57. The molecular weight excluding hydrogens is 228 g/mol. The van der Waals surface area contributed by atoms with E-state index in [9.17, 15) is 4.79 Å². The molecule has 0 saturated heterocycles. The van der Waals surface area contributed by atoms with Gasteiger partial charge in [0.15, 0.2) is 0 Å². The quantitative estimate of drug-likeness (QED) is 0.296. The van der Waals surface area contributed by atoms with E-state index >= 15 is 0 Å². The Hall–Kier alpha value is -0.693. The second-order valence-corrected chi connectivity index (χ2v) is 4.00. The first-order valence-electron chi connectivity index (χ1n) is 4.55. The van der Waals surface area contributed by atoms with Crippen LogP contribution < -0.4 is 0 Å². The van der Waals surface area contributed by atoms with Gasteiger partial charge >= 0.3 is 5.97 Å². The lowest BCUT2D eigenvalue weighted by Crippen LogP contribution is -2.59. The minimum absolute atomic E-state index is 0.245. The highest BCUT2D eigenvalue weighted by molar-refractivity contribution is 6.15. The largest absolute Gasteiger partial charge is 0.429 e. The number of ether oxygens (including phenoxy) is 4. The SMILES string of the molecule is C=C(C)C(=O)OC([Si])(OC)C(C)(OC)OC. The van der Waals surface area contributed by atoms with E-state index in [0.29, 0.717) is 0 Å². The molecule has 0 saturated carbocycles. The molecule has 0 aromatic rings. The maximum atomic E-state index is 11.5. The van der Waals surface area contributed by atoms with Gasteiger partial charge in [0.25, 0.3) is 0 Å². The molecule has 0 aliphatic carbocycles. The zero-order chi connectivity index (χ0) is 13.0. The van der Waals surface area contributed by atoms with Crippen molar-refractivity contribution >= 4 is 16.2 Å². The summed E-state index contributed by atoms with van der Waals surface area (Å²) in [5.41, 5.74) is -1.30. The zero-order valence-electron chi connectivity index (χ0n) is 10.2. The van der Waals surface area contributed by atoms with Gasteiger partial charge in [0.05, 0.1) is 0 Å². The van der Waals surface area contributed by atoms with E-state index in [2.05, 4.69) is 16.8 Å². The molecule has 0 rings (SSSR count). The van der Waals surface area contributed by atoms with Crippen molar-refractivity contribution in [1.82, 2.24) is 0 Å². The molecule has 3 radical (unpaired) electrons. The van der Waals surface area contributed by atoms with Gasteiger partial charge in [0.2, 0.25) is 11.2 Å². The first-order valence-corrected chi connectivity index (χ1v) is 5.05. The Morgan fingerprint density at radius 3 is 1.88 bits per heavy atom. The standard InChI is InChI=1S/C10H17O5Si/c1-7(2)8(11)15-10(16,14-6)9(3,12-4)13-5/h1H2,2-6H3. The number of carbonyl (C=O) groups excluding carboxylic acids is 1. The van der Waals surface area contributed by atoms with E-state index in [1.54, 1.807) is 6.92 Å². The lowest BCUT2D eigenvalue weighted by Gasteiger charge is -2.41. The highest BCUT2D eigenvalue weighted by Crippen LogP contribution is 2.28. The molecule has 16 heavy (non-hydrogen) atoms. The monoisotopic (exact) mass is 245 g/mol. The number of hydrogen-bond acceptors (Lipinski definition) is 5. The molecule has 0 spiro atoms. The van der Waals surface area contributed by atoms with Gasteiger partial charge in [0, 0.05) is 26.9 Å². The molecule has 0 amide bonds. The lowest BCUT2D eigenvalue weighted by molar-refractivity contribution is -0.336. The van der Waals surface area contributed by atoms with Gasteiger partial charge in [0.1, 0.15) is 10.2 Å². The highest BCUT2D eigenvalue weighted by Gasteiger charge is 2.50. The van der Waals surface area contributed by atoms with Gasteiger partial charge in [-0.05, 0) is 13.8 Å². The molecule has 5 nitrogen and oxygen atoms in total. The summed E-state index contributed by atoms with van der Waals surface area (Å²) in [7, 11) is 7.37. The molecule has 91 valence electrons. The van der Waals surface area contributed by atoms with Crippen molar-refractivity contribution in [1.29, 1.82) is 0 Å². The van der Waals surface area contributed by atoms with E-state index in [-0.39, 0.29) is 5.57 Å². The third-order valence-corrected chi connectivity index (χ3v) is 3.01. The predicted molar refractivity (Wildman–Crippen MR) is 58.8 cm³/mol. The van der Waals surface area contributed by atoms with Crippen LogP contribution in [0.5, 0.6) is 0 Å². The second-order valence-electron chi connectivity index (χ2n) is 3.34. The van der Waals surface area contributed by atoms with Crippen molar-refractivity contribution in [2.24, 2.45) is 0 Å². The Bertz CT molecular complexity index is 274. The van der Waals surface area contributed by atoms with Gasteiger partial charge in [-0.25, -0.2) is 4.79 Å². The van der Waals surface area contributed by atoms with Gasteiger partial charge in [-0.15, -0.1) is 0 Å². The van der Waals surface area contributed by atoms with Crippen LogP contribution in [0, 0.1) is 0 Å². The Labute approximate surface area is 99.1 Å². The Kier molecular flexibility index (Phi) is 5.34. The van der Waals surface area contributed by atoms with Gasteiger partial charge in [-0.3, -0.25) is 0 Å². The van der Waals surface area contributed by atoms with Crippen LogP contribution in [0.25, 0.3) is 0 Å². The Morgan fingerprint density at radius 1 is 1.19 bits per heavy atom. The molecule has 1 unspecified atom stereocenters. The van der Waals surface area contributed by atoms with Crippen LogP contribution in [0.1, 0.15) is 13.8 Å². The van der Waals surface area contributed by atoms with Gasteiger partial charge < -0.3 is 18.9 Å². The van der Waals surface area contributed by atoms with Crippen LogP contribution >= 0.6 is 0 Å². The summed E-state index contributed by atoms with van der Waals surface area (Å²) in [5, 5.41) is 0. The van der Waals surface area contributed by atoms with Crippen LogP contribution in [0.3, 0.4) is 0 Å². The van der Waals surface area contributed by atoms with Crippen LogP contribution in [-0.2, 0) is 23.7 Å². The molecule has 0 fully saturated rings. The number of hydrogen-bond donors (Lipinski definition) is 0. The first kappa shape index (κ1) is 15.3. The average Bonchev–Trinajstić information content (AvgIpc) is 2.27. The zero-order valence-corrected chi connectivity index (χ0v) is 11.2. The van der Waals surface area contributed by atoms with Crippen LogP contribution in [0.15, 0.2) is 12.2 Å². The van der Waals surface area contributed by atoms with E-state index in [0.717, 1.165) is 0 Å². The Morgan fingerprint density at radius 2 is 1.62 bits per heavy atom. The van der Waals surface area contributed by atoms with Crippen LogP contribution in [0.4, 0.5) is 0 Å². The Balaban J connectivity index is 5.04. The summed E-state index contributed by atoms with van der Waals surface area (Å²) in [6.07, 6.45) is 0. The minimum Gasteiger partial charge on any atom is -0.429 e. The number of esters is 1. The van der Waals surface area contributed by atoms with Crippen molar-refractivity contribution in [3.63, 3.8) is 0 Å². The van der Waals surface area contributed by atoms with Gasteiger partial charge in [-0.2, -0.15) is 0 Å². The highest BCUT2D eigenvalue weighted by atomic mass is 28.1. The second kappa shape index (κ2) is 5.58. The smallest absolute Gasteiger partial charge is 0.335 e. The fraction of sp³-hybridized carbons (Fsp3) is 0.700. The van der Waals surface area contributed by atoms with Crippen LogP contribution in [-0.4, -0.2) is 48.7 Å². The molecule has 0 aromatic heterocycles. The summed E-state index contributed by atoms with van der Waals surface area (Å²) < 4.78 is 20.4. The van der Waals surface area contributed by atoms with Crippen molar-refractivity contribution in [3.8, 4) is 0 Å². The third kappa shape index (κ3) is 2.91. The van der Waals surface area contributed by atoms with Crippen LogP contribution in [0.2, 0.25) is 0 Å². The molecule has 0 aliphatic heterocycles. The molecule has 0 aliphatic rings. The molecule has 1 atom stereocenters. The van der Waals surface area contributed by atoms with Crippen molar-refractivity contribution in [2.45, 2.75) is 25.0 Å². The average molecular weight is 245 g/mol. The number of methoxy groups -OCH3 is 3. The fourth-order valence-corrected chi connectivity index (χ4v) is 1.19. The normalized spacial score (nSPS) is 15.4. The molecule has 0 heterocycles. The van der Waals surface area contributed by atoms with E-state index in [1.165, 1.54) is 28.3 Å². The fourth-order valence-electron chi connectivity index (χ4n) is 0.889. The maximum absolute atomic E-state index is 11.5. The number of carbonyl (C=O) groups is 1. The third-order valence-electron chi connectivity index (χ3n) is 2.25.